The van der Waals surface area contributed by atoms with Crippen LogP contribution in [0.2, 0.25) is 0 Å². The molecule has 3 heterocycles. The third-order valence-corrected chi connectivity index (χ3v) is 6.97. The van der Waals surface area contributed by atoms with Gasteiger partial charge in [-0.05, 0) is 36.2 Å². The maximum atomic E-state index is 13.0. The van der Waals surface area contributed by atoms with Crippen LogP contribution in [0.3, 0.4) is 0 Å². The number of carbonyl (C=O) groups excluding carboxylic acids is 2. The number of amides is 1. The average Bonchev–Trinajstić information content (AvgIpc) is 3.38. The molecule has 1 atom stereocenters. The quantitative estimate of drug-likeness (QED) is 0.425. The van der Waals surface area contributed by atoms with E-state index in [4.69, 9.17) is 4.74 Å². The predicted molar refractivity (Wildman–Crippen MR) is 127 cm³/mol. The normalized spacial score (nSPS) is 17.7. The molecule has 2 aliphatic rings. The van der Waals surface area contributed by atoms with E-state index in [0.717, 1.165) is 35.9 Å². The van der Waals surface area contributed by atoms with Crippen molar-refractivity contribution in [3.8, 4) is 0 Å². The Kier molecular flexibility index (Phi) is 6.15. The molecule has 1 saturated heterocycles. The predicted octanol–water partition coefficient (Wildman–Crippen LogP) is 3.19. The maximum absolute atomic E-state index is 13.0. The average molecular weight is 464 g/mol. The summed E-state index contributed by atoms with van der Waals surface area (Å²) in [7, 11) is 0. The summed E-state index contributed by atoms with van der Waals surface area (Å²) in [6, 6.07) is 15.6. The number of nitrogens with zero attached hydrogens (tertiary/aromatic N) is 4. The highest BCUT2D eigenvalue weighted by atomic mass is 32.2. The number of thioether (sulfide) groups is 1. The van der Waals surface area contributed by atoms with Crippen molar-refractivity contribution >= 4 is 35.1 Å². The van der Waals surface area contributed by atoms with Crippen molar-refractivity contribution in [3.63, 3.8) is 0 Å². The fourth-order valence-electron chi connectivity index (χ4n) is 4.09. The van der Waals surface area contributed by atoms with Gasteiger partial charge >= 0.3 is 0 Å². The van der Waals surface area contributed by atoms with Gasteiger partial charge in [0, 0.05) is 24.3 Å². The standard InChI is InChI=1S/C24H25N5O3S/c1-16-19-13-18(7-8-20(19)25-22(16)31)21(30)15-33-24-27-26-23(28-9-11-32-12-10-28)29(24)14-17-5-3-2-4-6-17/h2-8,13,16H,9-12,14-15H2,1H3,(H,25,31)/t16-/m1/s1. The number of rotatable bonds is 7. The highest BCUT2D eigenvalue weighted by molar-refractivity contribution is 7.99. The molecule has 1 fully saturated rings. The van der Waals surface area contributed by atoms with Crippen LogP contribution in [-0.2, 0) is 16.1 Å². The van der Waals surface area contributed by atoms with Gasteiger partial charge in [-0.2, -0.15) is 0 Å². The number of hydrogen-bond donors (Lipinski definition) is 1. The lowest BCUT2D eigenvalue weighted by Gasteiger charge is -2.28. The molecule has 0 saturated carbocycles. The molecule has 8 nitrogen and oxygen atoms in total. The van der Waals surface area contributed by atoms with E-state index in [2.05, 4.69) is 37.1 Å². The fourth-order valence-corrected chi connectivity index (χ4v) is 4.92. The van der Waals surface area contributed by atoms with E-state index in [9.17, 15) is 9.59 Å². The third kappa shape index (κ3) is 4.51. The third-order valence-electron chi connectivity index (χ3n) is 6.00. The molecule has 1 N–H and O–H groups in total. The molecule has 2 aliphatic heterocycles. The minimum Gasteiger partial charge on any atom is -0.378 e. The van der Waals surface area contributed by atoms with Gasteiger partial charge in [0.25, 0.3) is 0 Å². The summed E-state index contributed by atoms with van der Waals surface area (Å²) in [6.07, 6.45) is 0. The Morgan fingerprint density at radius 1 is 1.15 bits per heavy atom. The summed E-state index contributed by atoms with van der Waals surface area (Å²) in [5.41, 5.74) is 3.41. The highest BCUT2D eigenvalue weighted by Gasteiger charge is 2.27. The Morgan fingerprint density at radius 3 is 2.73 bits per heavy atom. The molecule has 0 radical (unpaired) electrons. The highest BCUT2D eigenvalue weighted by Crippen LogP contribution is 2.33. The maximum Gasteiger partial charge on any atom is 0.231 e. The number of ether oxygens (including phenoxy) is 1. The number of Topliss-reactive ketones (excluding diaryl/α,β-unsaturated/α-hetero) is 1. The molecule has 9 heteroatoms. The molecule has 170 valence electrons. The van der Waals surface area contributed by atoms with Crippen molar-refractivity contribution in [2.45, 2.75) is 24.5 Å². The monoisotopic (exact) mass is 463 g/mol. The van der Waals surface area contributed by atoms with Gasteiger partial charge < -0.3 is 15.0 Å². The number of anilines is 2. The van der Waals surface area contributed by atoms with Crippen molar-refractivity contribution in [2.24, 2.45) is 0 Å². The molecule has 1 amide bonds. The molecular weight excluding hydrogens is 438 g/mol. The lowest BCUT2D eigenvalue weighted by molar-refractivity contribution is -0.116. The first-order valence-electron chi connectivity index (χ1n) is 11.0. The van der Waals surface area contributed by atoms with E-state index in [1.807, 2.05) is 37.3 Å². The van der Waals surface area contributed by atoms with E-state index in [1.165, 1.54) is 11.8 Å². The van der Waals surface area contributed by atoms with Crippen LogP contribution in [-0.4, -0.2) is 58.5 Å². The van der Waals surface area contributed by atoms with E-state index in [-0.39, 0.29) is 23.4 Å². The minimum atomic E-state index is -0.245. The zero-order valence-corrected chi connectivity index (χ0v) is 19.2. The number of aromatic nitrogens is 3. The van der Waals surface area contributed by atoms with Crippen molar-refractivity contribution in [2.75, 3.05) is 42.3 Å². The van der Waals surface area contributed by atoms with Gasteiger partial charge in [-0.25, -0.2) is 0 Å². The summed E-state index contributed by atoms with van der Waals surface area (Å²) in [5.74, 6) is 0.758. The van der Waals surface area contributed by atoms with Crippen molar-refractivity contribution < 1.29 is 14.3 Å². The Morgan fingerprint density at radius 2 is 1.94 bits per heavy atom. The molecule has 0 spiro atoms. The first-order valence-corrected chi connectivity index (χ1v) is 12.0. The van der Waals surface area contributed by atoms with Crippen LogP contribution in [0.5, 0.6) is 0 Å². The number of hydrogen-bond acceptors (Lipinski definition) is 7. The zero-order chi connectivity index (χ0) is 22.8. The lowest BCUT2D eigenvalue weighted by Crippen LogP contribution is -2.38. The van der Waals surface area contributed by atoms with Gasteiger partial charge in [-0.3, -0.25) is 14.2 Å². The number of nitrogens with one attached hydrogen (secondary N) is 1. The first-order chi connectivity index (χ1) is 16.1. The topological polar surface area (TPSA) is 89.3 Å². The fraction of sp³-hybridized carbons (Fsp3) is 0.333. The Bertz CT molecular complexity index is 1170. The zero-order valence-electron chi connectivity index (χ0n) is 18.4. The summed E-state index contributed by atoms with van der Waals surface area (Å²) in [5, 5.41) is 12.4. The summed E-state index contributed by atoms with van der Waals surface area (Å²) in [4.78, 5) is 27.1. The summed E-state index contributed by atoms with van der Waals surface area (Å²) >= 11 is 1.39. The Labute approximate surface area is 196 Å². The van der Waals surface area contributed by atoms with Crippen LogP contribution in [0.25, 0.3) is 0 Å². The molecule has 33 heavy (non-hydrogen) atoms. The lowest BCUT2D eigenvalue weighted by atomic mass is 9.99. The van der Waals surface area contributed by atoms with Crippen LogP contribution in [0.4, 0.5) is 11.6 Å². The van der Waals surface area contributed by atoms with E-state index in [1.54, 1.807) is 6.07 Å². The first kappa shape index (κ1) is 21.7. The van der Waals surface area contributed by atoms with Crippen molar-refractivity contribution in [1.82, 2.24) is 14.8 Å². The molecule has 0 bridgehead atoms. The van der Waals surface area contributed by atoms with Gasteiger partial charge in [-0.15, -0.1) is 10.2 Å². The van der Waals surface area contributed by atoms with Gasteiger partial charge in [0.1, 0.15) is 0 Å². The second kappa shape index (κ2) is 9.36. The summed E-state index contributed by atoms with van der Waals surface area (Å²) < 4.78 is 7.56. The number of carbonyl (C=O) groups is 2. The van der Waals surface area contributed by atoms with Gasteiger partial charge in [0.05, 0.1) is 31.4 Å². The smallest absolute Gasteiger partial charge is 0.231 e. The van der Waals surface area contributed by atoms with Crippen LogP contribution in [0.1, 0.15) is 34.3 Å². The number of morpholine rings is 1. The molecule has 5 rings (SSSR count). The van der Waals surface area contributed by atoms with Crippen LogP contribution >= 0.6 is 11.8 Å². The van der Waals surface area contributed by atoms with Gasteiger partial charge in [0.15, 0.2) is 10.9 Å². The molecular formula is C24H25N5O3S. The molecule has 0 aliphatic carbocycles. The number of fused-ring (bicyclic) bond motifs is 1. The van der Waals surface area contributed by atoms with Gasteiger partial charge in [0.2, 0.25) is 11.9 Å². The second-order valence-electron chi connectivity index (χ2n) is 8.18. The number of ketones is 1. The minimum absolute atomic E-state index is 0.00321. The van der Waals surface area contributed by atoms with Crippen LogP contribution < -0.4 is 10.2 Å². The van der Waals surface area contributed by atoms with E-state index < -0.39 is 0 Å². The largest absolute Gasteiger partial charge is 0.378 e. The number of benzene rings is 2. The van der Waals surface area contributed by atoms with Gasteiger partial charge in [-0.1, -0.05) is 42.1 Å². The Balaban J connectivity index is 1.35. The molecule has 0 unspecified atom stereocenters. The van der Waals surface area contributed by atoms with Crippen LogP contribution in [0, 0.1) is 0 Å². The van der Waals surface area contributed by atoms with Crippen molar-refractivity contribution in [3.05, 3.63) is 65.2 Å². The molecule has 2 aromatic carbocycles. The second-order valence-corrected chi connectivity index (χ2v) is 9.12. The SMILES string of the molecule is C[C@H]1C(=O)Nc2ccc(C(=O)CSc3nnc(N4CCOCC4)n3Cc3ccccc3)cc21. The van der Waals surface area contributed by atoms with Crippen LogP contribution in [0.15, 0.2) is 53.7 Å². The van der Waals surface area contributed by atoms with E-state index >= 15 is 0 Å². The molecule has 3 aromatic rings. The van der Waals surface area contributed by atoms with E-state index in [0.29, 0.717) is 30.5 Å². The van der Waals surface area contributed by atoms with Crippen molar-refractivity contribution in [1.29, 1.82) is 0 Å². The summed E-state index contributed by atoms with van der Waals surface area (Å²) in [6.45, 7) is 5.32. The molecule has 1 aromatic heterocycles. The Hall–Kier alpha value is -3.17.